The minimum atomic E-state index is -1.60. The Kier molecular flexibility index (Phi) is 1.84. The van der Waals surface area contributed by atoms with Crippen LogP contribution in [0, 0.1) is 0 Å². The van der Waals surface area contributed by atoms with Gasteiger partial charge in [0.2, 0.25) is 0 Å². The molecule has 1 heterocycles. The van der Waals surface area contributed by atoms with E-state index >= 15 is 0 Å². The van der Waals surface area contributed by atoms with Crippen molar-refractivity contribution in [3.05, 3.63) is 12.4 Å². The topological polar surface area (TPSA) is 92.3 Å². The second kappa shape index (κ2) is 2.63. The third-order valence-corrected chi connectivity index (χ3v) is 0.936. The third-order valence-electron chi connectivity index (χ3n) is 0.936. The number of hydrogen-bond acceptors (Lipinski definition) is 5. The van der Waals surface area contributed by atoms with Crippen molar-refractivity contribution in [2.75, 3.05) is 5.73 Å². The van der Waals surface area contributed by atoms with E-state index in [-0.39, 0.29) is 11.4 Å². The first kappa shape index (κ1) is 6.98. The lowest BCUT2D eigenvalue weighted by Crippen LogP contribution is -2.33. The van der Waals surface area contributed by atoms with E-state index in [2.05, 4.69) is 9.97 Å². The van der Waals surface area contributed by atoms with Gasteiger partial charge in [-0.3, -0.25) is 4.98 Å². The van der Waals surface area contributed by atoms with Gasteiger partial charge < -0.3 is 15.8 Å². The fraction of sp³-hybridized carbons (Fsp3) is 0. The number of aromatic nitrogens is 2. The summed E-state index contributed by atoms with van der Waals surface area (Å²) in [6, 6.07) is 0. The third kappa shape index (κ3) is 1.43. The van der Waals surface area contributed by atoms with Crippen molar-refractivity contribution >= 4 is 18.5 Å². The molecule has 1 aromatic rings. The summed E-state index contributed by atoms with van der Waals surface area (Å²) < 4.78 is 0. The van der Waals surface area contributed by atoms with Crippen LogP contribution < -0.4 is 11.3 Å². The predicted octanol–water partition coefficient (Wildman–Crippen LogP) is -2.26. The molecule has 0 aliphatic carbocycles. The zero-order valence-electron chi connectivity index (χ0n) is 5.10. The van der Waals surface area contributed by atoms with Crippen LogP contribution in [0.4, 0.5) is 5.82 Å². The Hall–Kier alpha value is -1.14. The van der Waals surface area contributed by atoms with Crippen LogP contribution in [0.25, 0.3) is 0 Å². The van der Waals surface area contributed by atoms with Gasteiger partial charge in [-0.25, -0.2) is 4.98 Å². The largest absolute Gasteiger partial charge is 0.509 e. The van der Waals surface area contributed by atoms with Crippen molar-refractivity contribution < 1.29 is 10.0 Å². The lowest BCUT2D eigenvalue weighted by Gasteiger charge is -1.96. The Labute approximate surface area is 57.7 Å². The summed E-state index contributed by atoms with van der Waals surface area (Å²) in [5.74, 6) is 0.172. The molecule has 0 aliphatic rings. The number of nitrogen functional groups attached to an aromatic ring is 1. The van der Waals surface area contributed by atoms with Gasteiger partial charge in [0.25, 0.3) is 0 Å². The van der Waals surface area contributed by atoms with E-state index in [1.807, 2.05) is 0 Å². The molecule has 0 fully saturated rings. The average Bonchev–Trinajstić information content (AvgIpc) is 1.88. The van der Waals surface area contributed by atoms with Gasteiger partial charge in [-0.2, -0.15) is 0 Å². The standard InChI is InChI=1S/C4H6BN3O2/c6-4-2-7-1-3(8-4)5(9)10/h1-2,9-10H,(H2,6,8). The van der Waals surface area contributed by atoms with Gasteiger partial charge in [0.1, 0.15) is 5.82 Å². The van der Waals surface area contributed by atoms with E-state index in [1.165, 1.54) is 12.4 Å². The van der Waals surface area contributed by atoms with Crippen LogP contribution in [0.3, 0.4) is 0 Å². The lowest BCUT2D eigenvalue weighted by atomic mass is 9.87. The highest BCUT2D eigenvalue weighted by Crippen LogP contribution is 1.85. The fourth-order valence-electron chi connectivity index (χ4n) is 0.521. The number of rotatable bonds is 1. The first-order valence-electron chi connectivity index (χ1n) is 2.63. The molecule has 6 heteroatoms. The van der Waals surface area contributed by atoms with Crippen molar-refractivity contribution in [1.29, 1.82) is 0 Å². The molecule has 0 saturated heterocycles. The Balaban J connectivity index is 2.96. The van der Waals surface area contributed by atoms with Crippen LogP contribution in [0.15, 0.2) is 12.4 Å². The number of nitrogens with zero attached hydrogens (tertiary/aromatic N) is 2. The molecule has 0 radical (unpaired) electrons. The maximum absolute atomic E-state index is 8.55. The second-order valence-corrected chi connectivity index (χ2v) is 1.74. The van der Waals surface area contributed by atoms with Crippen LogP contribution in [0.2, 0.25) is 0 Å². The Morgan fingerprint density at radius 2 is 2.10 bits per heavy atom. The highest BCUT2D eigenvalue weighted by atomic mass is 16.4. The van der Waals surface area contributed by atoms with E-state index in [0.29, 0.717) is 0 Å². The summed E-state index contributed by atoms with van der Waals surface area (Å²) >= 11 is 0. The van der Waals surface area contributed by atoms with Gasteiger partial charge in [-0.1, -0.05) is 0 Å². The molecule has 4 N–H and O–H groups in total. The Morgan fingerprint density at radius 1 is 1.40 bits per heavy atom. The fourth-order valence-corrected chi connectivity index (χ4v) is 0.521. The first-order valence-corrected chi connectivity index (χ1v) is 2.63. The van der Waals surface area contributed by atoms with Crippen LogP contribution in [-0.2, 0) is 0 Å². The minimum absolute atomic E-state index is 0.0556. The molecule has 1 aromatic heterocycles. The molecule has 0 spiro atoms. The molecule has 1 rings (SSSR count). The molecule has 10 heavy (non-hydrogen) atoms. The quantitative estimate of drug-likeness (QED) is 0.382. The summed E-state index contributed by atoms with van der Waals surface area (Å²) in [5.41, 5.74) is 5.26. The summed E-state index contributed by atoms with van der Waals surface area (Å²) in [6.07, 6.45) is 2.56. The monoisotopic (exact) mass is 139 g/mol. The zero-order chi connectivity index (χ0) is 7.56. The first-order chi connectivity index (χ1) is 4.70. The smallest absolute Gasteiger partial charge is 0.422 e. The molecule has 0 saturated carbocycles. The number of anilines is 1. The highest BCUT2D eigenvalue weighted by molar-refractivity contribution is 6.57. The van der Waals surface area contributed by atoms with E-state index in [1.54, 1.807) is 0 Å². The van der Waals surface area contributed by atoms with Crippen molar-refractivity contribution in [2.45, 2.75) is 0 Å². The molecule has 0 aromatic carbocycles. The average molecular weight is 139 g/mol. The molecule has 5 nitrogen and oxygen atoms in total. The zero-order valence-corrected chi connectivity index (χ0v) is 5.10. The van der Waals surface area contributed by atoms with Crippen molar-refractivity contribution in [3.63, 3.8) is 0 Å². The predicted molar refractivity (Wildman–Crippen MR) is 36.3 cm³/mol. The van der Waals surface area contributed by atoms with E-state index in [4.69, 9.17) is 15.8 Å². The van der Waals surface area contributed by atoms with Gasteiger partial charge in [0, 0.05) is 6.20 Å². The van der Waals surface area contributed by atoms with Crippen molar-refractivity contribution in [1.82, 2.24) is 9.97 Å². The molecular formula is C4H6BN3O2. The SMILES string of the molecule is Nc1cncc(B(O)O)n1. The number of hydrogen-bond donors (Lipinski definition) is 3. The summed E-state index contributed by atoms with van der Waals surface area (Å²) in [7, 11) is -1.60. The van der Waals surface area contributed by atoms with Gasteiger partial charge in [-0.15, -0.1) is 0 Å². The normalized spacial score (nSPS) is 9.40. The molecule has 0 aliphatic heterocycles. The second-order valence-electron chi connectivity index (χ2n) is 1.74. The minimum Gasteiger partial charge on any atom is -0.422 e. The summed E-state index contributed by atoms with van der Waals surface area (Å²) in [5, 5.41) is 17.1. The highest BCUT2D eigenvalue weighted by Gasteiger charge is 2.12. The molecule has 0 amide bonds. The van der Waals surface area contributed by atoms with Crippen LogP contribution >= 0.6 is 0 Å². The van der Waals surface area contributed by atoms with Gasteiger partial charge in [0.15, 0.2) is 0 Å². The van der Waals surface area contributed by atoms with Crippen molar-refractivity contribution in [3.8, 4) is 0 Å². The molecule has 0 unspecified atom stereocenters. The Morgan fingerprint density at radius 3 is 2.50 bits per heavy atom. The Bertz CT molecular complexity index is 229. The van der Waals surface area contributed by atoms with Crippen LogP contribution in [0.5, 0.6) is 0 Å². The summed E-state index contributed by atoms with van der Waals surface area (Å²) in [4.78, 5) is 7.19. The van der Waals surface area contributed by atoms with Gasteiger partial charge in [-0.05, 0) is 0 Å². The van der Waals surface area contributed by atoms with E-state index in [9.17, 15) is 0 Å². The molecule has 0 atom stereocenters. The van der Waals surface area contributed by atoms with Gasteiger partial charge >= 0.3 is 7.12 Å². The maximum Gasteiger partial charge on any atom is 0.509 e. The molecule has 52 valence electrons. The molecular weight excluding hydrogens is 133 g/mol. The maximum atomic E-state index is 8.55. The van der Waals surface area contributed by atoms with E-state index < -0.39 is 7.12 Å². The lowest BCUT2D eigenvalue weighted by molar-refractivity contribution is 0.424. The van der Waals surface area contributed by atoms with Crippen molar-refractivity contribution in [2.24, 2.45) is 0 Å². The number of nitrogens with two attached hydrogens (primary N) is 1. The van der Waals surface area contributed by atoms with Crippen LogP contribution in [0.1, 0.15) is 0 Å². The van der Waals surface area contributed by atoms with E-state index in [0.717, 1.165) is 0 Å². The van der Waals surface area contributed by atoms with Gasteiger partial charge in [0.05, 0.1) is 11.8 Å². The molecule has 0 bridgehead atoms. The summed E-state index contributed by atoms with van der Waals surface area (Å²) in [6.45, 7) is 0. The van der Waals surface area contributed by atoms with Crippen LogP contribution in [-0.4, -0.2) is 27.1 Å².